The molecule has 92 valence electrons. The van der Waals surface area contributed by atoms with Crippen LogP contribution in [0.2, 0.25) is 5.02 Å². The maximum Gasteiger partial charge on any atom is 0.171 e. The van der Waals surface area contributed by atoms with Gasteiger partial charge >= 0.3 is 0 Å². The monoisotopic (exact) mass is 253 g/mol. The van der Waals surface area contributed by atoms with Crippen LogP contribution in [0.5, 0.6) is 5.75 Å². The van der Waals surface area contributed by atoms with Crippen LogP contribution in [0.15, 0.2) is 18.2 Å². The quantitative estimate of drug-likeness (QED) is 0.841. The Balaban J connectivity index is 2.32. The number of carbonyl (C=O) groups excluding carboxylic acids is 1. The Kier molecular flexibility index (Phi) is 3.69. The summed E-state index contributed by atoms with van der Waals surface area (Å²) in [6.45, 7) is 3.70. The fraction of sp³-hybridized carbons (Fsp3) is 0.462. The number of ether oxygens (including phenoxy) is 1. The van der Waals surface area contributed by atoms with Crippen LogP contribution >= 0.6 is 11.6 Å². The minimum Gasteiger partial charge on any atom is -0.496 e. The van der Waals surface area contributed by atoms with Gasteiger partial charge in [0.05, 0.1) is 12.7 Å². The first kappa shape index (κ1) is 12.4. The lowest BCUT2D eigenvalue weighted by molar-refractivity contribution is 0.0904. The number of methoxy groups -OCH3 is 1. The average Bonchev–Trinajstić information content (AvgIpc) is 2.74. The summed E-state index contributed by atoms with van der Waals surface area (Å²) in [6.07, 6.45) is 0. The second-order valence-corrected chi connectivity index (χ2v) is 4.89. The van der Waals surface area contributed by atoms with Crippen molar-refractivity contribution < 1.29 is 9.53 Å². The molecule has 17 heavy (non-hydrogen) atoms. The van der Waals surface area contributed by atoms with Crippen molar-refractivity contribution >= 4 is 17.4 Å². The third-order valence-corrected chi connectivity index (χ3v) is 3.52. The number of nitrogens with one attached hydrogen (secondary N) is 1. The summed E-state index contributed by atoms with van der Waals surface area (Å²) in [5, 5.41) is 3.79. The second-order valence-electron chi connectivity index (χ2n) is 4.45. The number of rotatable bonds is 3. The SMILES string of the molecule is COc1ccc(Cl)cc1C(=O)C1CNCC1C. The average molecular weight is 254 g/mol. The molecular weight excluding hydrogens is 238 g/mol. The third-order valence-electron chi connectivity index (χ3n) is 3.28. The molecule has 4 heteroatoms. The molecule has 1 aliphatic rings. The minimum atomic E-state index is 0.0161. The molecule has 3 nitrogen and oxygen atoms in total. The lowest BCUT2D eigenvalue weighted by Crippen LogP contribution is -2.22. The largest absolute Gasteiger partial charge is 0.496 e. The fourth-order valence-electron chi connectivity index (χ4n) is 2.23. The molecule has 1 aromatic carbocycles. The molecule has 0 aromatic heterocycles. The van der Waals surface area contributed by atoms with Gasteiger partial charge in [-0.05, 0) is 30.7 Å². The van der Waals surface area contributed by atoms with Crippen molar-refractivity contribution in [2.75, 3.05) is 20.2 Å². The van der Waals surface area contributed by atoms with Crippen molar-refractivity contribution in [3.8, 4) is 5.75 Å². The van der Waals surface area contributed by atoms with Crippen molar-refractivity contribution in [3.05, 3.63) is 28.8 Å². The van der Waals surface area contributed by atoms with E-state index < -0.39 is 0 Å². The van der Waals surface area contributed by atoms with Gasteiger partial charge in [-0.3, -0.25) is 4.79 Å². The van der Waals surface area contributed by atoms with Crippen molar-refractivity contribution in [2.24, 2.45) is 11.8 Å². The summed E-state index contributed by atoms with van der Waals surface area (Å²) >= 11 is 5.94. The van der Waals surface area contributed by atoms with Crippen molar-refractivity contribution in [3.63, 3.8) is 0 Å². The predicted molar refractivity (Wildman–Crippen MR) is 67.9 cm³/mol. The highest BCUT2D eigenvalue weighted by molar-refractivity contribution is 6.31. The highest BCUT2D eigenvalue weighted by atomic mass is 35.5. The van der Waals surface area contributed by atoms with E-state index in [2.05, 4.69) is 12.2 Å². The molecule has 1 aromatic rings. The Bertz CT molecular complexity index is 433. The molecule has 0 bridgehead atoms. The molecular formula is C13H16ClNO2. The minimum absolute atomic E-state index is 0.0161. The van der Waals surface area contributed by atoms with Gasteiger partial charge in [0.25, 0.3) is 0 Å². The Morgan fingerprint density at radius 1 is 1.47 bits per heavy atom. The van der Waals surface area contributed by atoms with E-state index in [-0.39, 0.29) is 11.7 Å². The molecule has 1 aliphatic heterocycles. The van der Waals surface area contributed by atoms with Crippen molar-refractivity contribution in [1.82, 2.24) is 5.32 Å². The Morgan fingerprint density at radius 3 is 2.82 bits per heavy atom. The zero-order valence-electron chi connectivity index (χ0n) is 10.00. The zero-order chi connectivity index (χ0) is 12.4. The van der Waals surface area contributed by atoms with Gasteiger partial charge < -0.3 is 10.1 Å². The number of Topliss-reactive ketones (excluding diaryl/α,β-unsaturated/α-hetero) is 1. The van der Waals surface area contributed by atoms with Gasteiger partial charge in [-0.2, -0.15) is 0 Å². The topological polar surface area (TPSA) is 38.3 Å². The lowest BCUT2D eigenvalue weighted by Gasteiger charge is -2.15. The smallest absolute Gasteiger partial charge is 0.171 e. The first-order chi connectivity index (χ1) is 8.13. The zero-order valence-corrected chi connectivity index (χ0v) is 10.8. The Morgan fingerprint density at radius 2 is 2.24 bits per heavy atom. The standard InChI is InChI=1S/C13H16ClNO2/c1-8-6-15-7-11(8)13(16)10-5-9(14)3-4-12(10)17-2/h3-5,8,11,15H,6-7H2,1-2H3. The third kappa shape index (κ3) is 2.45. The summed E-state index contributed by atoms with van der Waals surface area (Å²) in [4.78, 5) is 12.4. The number of carbonyl (C=O) groups is 1. The van der Waals surface area contributed by atoms with E-state index in [0.717, 1.165) is 13.1 Å². The molecule has 0 spiro atoms. The molecule has 2 rings (SSSR count). The van der Waals surface area contributed by atoms with Crippen LogP contribution in [0.3, 0.4) is 0 Å². The fourth-order valence-corrected chi connectivity index (χ4v) is 2.41. The first-order valence-electron chi connectivity index (χ1n) is 5.72. The Labute approximate surface area is 106 Å². The van der Waals surface area contributed by atoms with Crippen LogP contribution in [0.1, 0.15) is 17.3 Å². The predicted octanol–water partition coefficient (Wildman–Crippen LogP) is 2.39. The highest BCUT2D eigenvalue weighted by Gasteiger charge is 2.31. The summed E-state index contributed by atoms with van der Waals surface area (Å²) < 4.78 is 5.22. The molecule has 1 N–H and O–H groups in total. The first-order valence-corrected chi connectivity index (χ1v) is 6.09. The molecule has 0 aliphatic carbocycles. The maximum atomic E-state index is 12.4. The Hall–Kier alpha value is -1.06. The van der Waals surface area contributed by atoms with Crippen molar-refractivity contribution in [1.29, 1.82) is 0 Å². The normalized spacial score (nSPS) is 23.7. The van der Waals surface area contributed by atoms with E-state index in [4.69, 9.17) is 16.3 Å². The van der Waals surface area contributed by atoms with Crippen LogP contribution in [0.4, 0.5) is 0 Å². The number of hydrogen-bond acceptors (Lipinski definition) is 3. The van der Waals surface area contributed by atoms with Gasteiger partial charge in [0.2, 0.25) is 0 Å². The maximum absolute atomic E-state index is 12.4. The highest BCUT2D eigenvalue weighted by Crippen LogP contribution is 2.28. The summed E-state index contributed by atoms with van der Waals surface area (Å²) in [5.41, 5.74) is 0.584. The van der Waals surface area contributed by atoms with E-state index >= 15 is 0 Å². The van der Waals surface area contributed by atoms with Gasteiger partial charge in [-0.1, -0.05) is 18.5 Å². The van der Waals surface area contributed by atoms with E-state index in [0.29, 0.717) is 22.3 Å². The summed E-state index contributed by atoms with van der Waals surface area (Å²) in [5.74, 6) is 1.08. The van der Waals surface area contributed by atoms with Gasteiger partial charge in [-0.15, -0.1) is 0 Å². The van der Waals surface area contributed by atoms with Gasteiger partial charge in [0.1, 0.15) is 5.75 Å². The van der Waals surface area contributed by atoms with Crippen molar-refractivity contribution in [2.45, 2.75) is 6.92 Å². The molecule has 1 fully saturated rings. The molecule has 0 amide bonds. The van der Waals surface area contributed by atoms with E-state index in [1.807, 2.05) is 0 Å². The van der Waals surface area contributed by atoms with Crippen LogP contribution in [-0.2, 0) is 0 Å². The number of ketones is 1. The van der Waals surface area contributed by atoms with E-state index in [1.165, 1.54) is 0 Å². The van der Waals surface area contributed by atoms with E-state index in [1.54, 1.807) is 25.3 Å². The second kappa shape index (κ2) is 5.07. The number of halogens is 1. The van der Waals surface area contributed by atoms with Crippen LogP contribution in [0.25, 0.3) is 0 Å². The number of hydrogen-bond donors (Lipinski definition) is 1. The molecule has 1 heterocycles. The number of benzene rings is 1. The molecule has 0 radical (unpaired) electrons. The molecule has 0 saturated carbocycles. The molecule has 1 saturated heterocycles. The molecule has 2 unspecified atom stereocenters. The van der Waals surface area contributed by atoms with Gasteiger partial charge in [0.15, 0.2) is 5.78 Å². The molecule has 2 atom stereocenters. The van der Waals surface area contributed by atoms with Gasteiger partial charge in [-0.25, -0.2) is 0 Å². The van der Waals surface area contributed by atoms with Crippen LogP contribution in [-0.4, -0.2) is 26.0 Å². The lowest BCUT2D eigenvalue weighted by atomic mass is 9.89. The van der Waals surface area contributed by atoms with Crippen LogP contribution < -0.4 is 10.1 Å². The summed E-state index contributed by atoms with van der Waals surface area (Å²) in [6, 6.07) is 5.16. The summed E-state index contributed by atoms with van der Waals surface area (Å²) in [7, 11) is 1.57. The van der Waals surface area contributed by atoms with Crippen LogP contribution in [0, 0.1) is 11.8 Å². The van der Waals surface area contributed by atoms with E-state index in [9.17, 15) is 4.79 Å². The van der Waals surface area contributed by atoms with Gasteiger partial charge in [0, 0.05) is 17.5 Å².